The Kier molecular flexibility index (Phi) is 19.9. The number of hydrogen-bond acceptors (Lipinski definition) is 19. The highest BCUT2D eigenvalue weighted by Gasteiger charge is 2.58. The minimum atomic E-state index is -2.19. The van der Waals surface area contributed by atoms with E-state index in [-0.39, 0.29) is 37.8 Å². The van der Waals surface area contributed by atoms with Crippen molar-refractivity contribution < 1.29 is 87.1 Å². The highest BCUT2D eigenvalue weighted by Crippen LogP contribution is 2.45. The summed E-state index contributed by atoms with van der Waals surface area (Å²) in [5.74, 6) is -1.85. The van der Waals surface area contributed by atoms with Gasteiger partial charge >= 0.3 is 30.5 Å². The minimum absolute atomic E-state index is 0.0503. The molecule has 0 aromatic carbocycles. The third-order valence-corrected chi connectivity index (χ3v) is 13.7. The fraction of sp³-hybridized carbons (Fsp3) is 0.852. The van der Waals surface area contributed by atoms with Gasteiger partial charge in [-0.2, -0.15) is 0 Å². The molecule has 5 rings (SSSR count). The number of likely N-dealkylation sites (N-methyl/N-ethyl adjacent to an activating group) is 1. The number of aliphatic hydroxyl groups is 4. The van der Waals surface area contributed by atoms with Crippen molar-refractivity contribution in [3.05, 3.63) is 11.8 Å². The maximum Gasteiger partial charge on any atom is 0.410 e. The molecule has 2 unspecified atom stereocenters. The maximum atomic E-state index is 14.6. The first kappa shape index (κ1) is 64.9. The molecule has 4 fully saturated rings. The summed E-state index contributed by atoms with van der Waals surface area (Å²) in [7, 11) is 1.33. The second-order valence-corrected chi connectivity index (χ2v) is 27.2. The number of hydrogen-bond donors (Lipinski definition) is 9. The molecule has 9 N–H and O–H groups in total. The van der Waals surface area contributed by atoms with Gasteiger partial charge in [-0.1, -0.05) is 0 Å². The van der Waals surface area contributed by atoms with Crippen LogP contribution in [-0.4, -0.2) is 207 Å². The molecule has 0 aromatic heterocycles. The summed E-state index contributed by atoms with van der Waals surface area (Å²) in [5, 5.41) is 63.8. The number of aliphatic hydroxyl groups excluding tert-OH is 2. The Labute approximate surface area is 465 Å². The quantitative estimate of drug-likeness (QED) is 0.112. The normalized spacial score (nSPS) is 31.1. The molecule has 0 spiro atoms. The molecule has 0 radical (unpaired) electrons. The third-order valence-electron chi connectivity index (χ3n) is 13.7. The van der Waals surface area contributed by atoms with Crippen molar-refractivity contribution in [2.45, 2.75) is 237 Å². The lowest BCUT2D eigenvalue weighted by Gasteiger charge is -2.52. The van der Waals surface area contributed by atoms with Gasteiger partial charge in [0.05, 0.1) is 43.9 Å². The number of nitrogens with one attached hydrogen (secondary N) is 5. The summed E-state index contributed by atoms with van der Waals surface area (Å²) < 4.78 is 47.3. The maximum absolute atomic E-state index is 14.6. The molecule has 6 amide bonds. The van der Waals surface area contributed by atoms with E-state index in [1.807, 2.05) is 0 Å². The first-order valence-electron chi connectivity index (χ1n) is 27.3. The second kappa shape index (κ2) is 24.3. The molecule has 2 saturated carbocycles. The first-order valence-corrected chi connectivity index (χ1v) is 27.3. The van der Waals surface area contributed by atoms with Gasteiger partial charge in [0.15, 0.2) is 11.9 Å². The zero-order valence-electron chi connectivity index (χ0n) is 49.5. The SMILES string of the molecule is CN(C(=O)OC(C)(C)C)[C@@H]1[C@@H](O)[C@@H](O[C@@H]2[C@@H](O)[C@H](C3OC(CNCC4(CNC(=O)OC(C)(C)C)CC4)=CC[C@H]3NC(=O)OC(C)(C)C)[C@@H](NC(=O)OC(C)(C)C)C[C@H]2NC(=O)C2(O)CCN(C(=O)OC(C)(C)C)C2)OC[C@]1(C)O. The lowest BCUT2D eigenvalue weighted by atomic mass is 9.72. The van der Waals surface area contributed by atoms with Gasteiger partial charge < -0.3 is 94.7 Å². The average Bonchev–Trinajstić information content (AvgIpc) is 3.92. The molecular formula is C54H93N7O18. The molecule has 25 nitrogen and oxygen atoms in total. The van der Waals surface area contributed by atoms with Crippen molar-refractivity contribution in [1.82, 2.24) is 36.4 Å². The predicted octanol–water partition coefficient (Wildman–Crippen LogP) is 3.67. The summed E-state index contributed by atoms with van der Waals surface area (Å²) in [6.45, 7) is 26.7. The van der Waals surface area contributed by atoms with Crippen LogP contribution in [0.25, 0.3) is 0 Å². The zero-order valence-corrected chi connectivity index (χ0v) is 49.5. The van der Waals surface area contributed by atoms with Gasteiger partial charge in [-0.05, 0) is 143 Å². The zero-order chi connectivity index (χ0) is 59.6. The summed E-state index contributed by atoms with van der Waals surface area (Å²) >= 11 is 0. The molecule has 25 heteroatoms. The van der Waals surface area contributed by atoms with Crippen LogP contribution in [0.1, 0.15) is 143 Å². The van der Waals surface area contributed by atoms with Crippen LogP contribution in [0.15, 0.2) is 11.8 Å². The van der Waals surface area contributed by atoms with Gasteiger partial charge in [0.25, 0.3) is 5.91 Å². The van der Waals surface area contributed by atoms with E-state index in [2.05, 4.69) is 26.6 Å². The Bertz CT molecular complexity index is 2210. The van der Waals surface area contributed by atoms with E-state index >= 15 is 0 Å². The molecule has 12 atom stereocenters. The van der Waals surface area contributed by atoms with E-state index < -0.39 is 150 Å². The van der Waals surface area contributed by atoms with Crippen molar-refractivity contribution in [1.29, 1.82) is 0 Å². The Morgan fingerprint density at radius 3 is 1.80 bits per heavy atom. The number of β-amino-alcohol motifs (C(OH)–C–C–N with tert-alkyl or cyclic N) is 1. The number of carbonyl (C=O) groups is 6. The Balaban J connectivity index is 1.55. The molecule has 3 heterocycles. The van der Waals surface area contributed by atoms with Crippen LogP contribution in [0, 0.1) is 11.3 Å². The van der Waals surface area contributed by atoms with Crippen LogP contribution in [-0.2, 0) is 42.7 Å². The smallest absolute Gasteiger partial charge is 0.410 e. The van der Waals surface area contributed by atoms with Crippen LogP contribution in [0.2, 0.25) is 0 Å². The molecule has 5 aliphatic rings. The molecule has 0 aromatic rings. The molecule has 452 valence electrons. The lowest BCUT2D eigenvalue weighted by Crippen LogP contribution is -2.71. The van der Waals surface area contributed by atoms with E-state index in [9.17, 15) is 49.2 Å². The van der Waals surface area contributed by atoms with E-state index in [0.29, 0.717) is 18.8 Å². The molecule has 3 aliphatic heterocycles. The first-order chi connectivity index (χ1) is 36.0. The summed E-state index contributed by atoms with van der Waals surface area (Å²) in [5.41, 5.74) is -8.79. The van der Waals surface area contributed by atoms with Crippen molar-refractivity contribution in [3.8, 4) is 0 Å². The Morgan fingerprint density at radius 2 is 1.25 bits per heavy atom. The average molecular weight is 1130 g/mol. The summed E-state index contributed by atoms with van der Waals surface area (Å²) in [4.78, 5) is 83.5. The van der Waals surface area contributed by atoms with Crippen molar-refractivity contribution >= 4 is 36.4 Å². The predicted molar refractivity (Wildman–Crippen MR) is 285 cm³/mol. The van der Waals surface area contributed by atoms with Gasteiger partial charge in [-0.3, -0.25) is 4.79 Å². The molecule has 79 heavy (non-hydrogen) atoms. The van der Waals surface area contributed by atoms with Crippen LogP contribution in [0.4, 0.5) is 24.0 Å². The Morgan fingerprint density at radius 1 is 0.709 bits per heavy atom. The molecule has 2 saturated heterocycles. The third kappa shape index (κ3) is 18.8. The van der Waals surface area contributed by atoms with Gasteiger partial charge in [0.1, 0.15) is 57.7 Å². The molecule has 2 aliphatic carbocycles. The number of ether oxygens (including phenoxy) is 8. The van der Waals surface area contributed by atoms with E-state index in [0.717, 1.165) is 17.7 Å². The largest absolute Gasteiger partial charge is 0.491 e. The second-order valence-electron chi connectivity index (χ2n) is 27.2. The van der Waals surface area contributed by atoms with Gasteiger partial charge in [-0.25, -0.2) is 24.0 Å². The highest BCUT2D eigenvalue weighted by atomic mass is 16.7. The van der Waals surface area contributed by atoms with Gasteiger partial charge in [0.2, 0.25) is 0 Å². The summed E-state index contributed by atoms with van der Waals surface area (Å²) in [6.07, 6.45) is -9.08. The number of rotatable bonds is 14. The fourth-order valence-electron chi connectivity index (χ4n) is 10.1. The number of likely N-dealkylation sites (tertiary alicyclic amines) is 1. The lowest BCUT2D eigenvalue weighted by molar-refractivity contribution is -0.306. The van der Waals surface area contributed by atoms with E-state index in [1.165, 1.54) is 18.9 Å². The number of carbonyl (C=O) groups excluding carboxylic acids is 6. The monoisotopic (exact) mass is 1130 g/mol. The Hall–Kier alpha value is -4.92. The number of alkyl carbamates (subject to hydrolysis) is 3. The van der Waals surface area contributed by atoms with Crippen LogP contribution < -0.4 is 26.6 Å². The van der Waals surface area contributed by atoms with Crippen LogP contribution in [0.3, 0.4) is 0 Å². The van der Waals surface area contributed by atoms with E-state index in [4.69, 9.17) is 37.9 Å². The molecule has 0 bridgehead atoms. The van der Waals surface area contributed by atoms with Crippen LogP contribution in [0.5, 0.6) is 0 Å². The topological polar surface area (TPSA) is 324 Å². The van der Waals surface area contributed by atoms with E-state index in [1.54, 1.807) is 110 Å². The van der Waals surface area contributed by atoms with Crippen molar-refractivity contribution in [2.75, 3.05) is 46.4 Å². The fourth-order valence-corrected chi connectivity index (χ4v) is 10.1. The summed E-state index contributed by atoms with van der Waals surface area (Å²) in [6, 6.07) is -4.95. The van der Waals surface area contributed by atoms with Crippen molar-refractivity contribution in [3.63, 3.8) is 0 Å². The molecular weight excluding hydrogens is 1030 g/mol. The standard InChI is InChI=1S/C54H93N7O18/c1-47(2,3)75-42(65)56-27-53(20-21-53)26-55-25-30-18-19-31(58-43(66)76-48(4,5)6)37(73-30)34-32(59-44(67)77-49(7,8)9)24-33(57-41(64)54(71)22-23-61(28-54)46(69)79-51(13,14)15)38(35(34)62)74-40-36(63)39(52(16,70)29-72-40)60(17)45(68)78-50(10,11)12/h18,31-40,55,62-63,70-71H,19-29H2,1-17H3,(H,56,65)(H,57,64)(H,58,66)(H,59,67)/t31-,32+,33-,34-,35+,36-,37?,38+,39-,40-,52+,54?/m1/s1. The minimum Gasteiger partial charge on any atom is -0.491 e. The number of amides is 6. The van der Waals surface area contributed by atoms with Crippen LogP contribution >= 0.6 is 0 Å². The van der Waals surface area contributed by atoms with Crippen molar-refractivity contribution in [2.24, 2.45) is 11.3 Å². The number of nitrogens with zero attached hydrogens (tertiary/aromatic N) is 2. The van der Waals surface area contributed by atoms with Gasteiger partial charge in [-0.15, -0.1) is 0 Å². The highest BCUT2D eigenvalue weighted by molar-refractivity contribution is 5.87. The van der Waals surface area contributed by atoms with Gasteiger partial charge in [0, 0.05) is 50.5 Å².